The monoisotopic (exact) mass is 446 g/mol. The second-order valence-corrected chi connectivity index (χ2v) is 10.9. The van der Waals surface area contributed by atoms with Crippen molar-refractivity contribution in [3.05, 3.63) is 42.7 Å². The predicted octanol–water partition coefficient (Wildman–Crippen LogP) is 4.91. The van der Waals surface area contributed by atoms with Gasteiger partial charge in [0, 0.05) is 40.5 Å². The van der Waals surface area contributed by atoms with Crippen LogP contribution in [0.5, 0.6) is 5.75 Å². The predicted molar refractivity (Wildman–Crippen MR) is 131 cm³/mol. The molecule has 0 spiro atoms. The van der Waals surface area contributed by atoms with Gasteiger partial charge in [-0.15, -0.1) is 10.2 Å². The average molecular weight is 447 g/mol. The second kappa shape index (κ2) is 8.13. The van der Waals surface area contributed by atoms with Crippen LogP contribution in [-0.2, 0) is 0 Å². The smallest absolute Gasteiger partial charge is 0.151 e. The van der Waals surface area contributed by atoms with Gasteiger partial charge in [-0.25, -0.2) is 0 Å². The van der Waals surface area contributed by atoms with E-state index >= 15 is 0 Å². The number of phenolic OH excluding ortho intramolecular Hbond substituents is 1. The number of piperidine rings is 1. The van der Waals surface area contributed by atoms with Gasteiger partial charge >= 0.3 is 0 Å². The fourth-order valence-electron chi connectivity index (χ4n) is 5.75. The Morgan fingerprint density at radius 2 is 1.70 bits per heavy atom. The van der Waals surface area contributed by atoms with E-state index in [2.05, 4.69) is 64.4 Å². The van der Waals surface area contributed by atoms with Crippen molar-refractivity contribution < 1.29 is 5.11 Å². The molecular formula is C26H34N6O. The van der Waals surface area contributed by atoms with Crippen LogP contribution >= 0.6 is 0 Å². The van der Waals surface area contributed by atoms with Crippen molar-refractivity contribution >= 4 is 5.82 Å². The Labute approximate surface area is 195 Å². The first kappa shape index (κ1) is 21.9. The van der Waals surface area contributed by atoms with Crippen LogP contribution in [-0.4, -0.2) is 48.7 Å². The lowest BCUT2D eigenvalue weighted by Crippen LogP contribution is -2.64. The zero-order valence-electron chi connectivity index (χ0n) is 20.0. The molecule has 7 nitrogen and oxygen atoms in total. The Bertz CT molecular complexity index is 1090. The lowest BCUT2D eigenvalue weighted by atomic mass is 9.77. The minimum Gasteiger partial charge on any atom is -0.507 e. The van der Waals surface area contributed by atoms with E-state index < -0.39 is 0 Å². The Hall–Kier alpha value is -2.93. The van der Waals surface area contributed by atoms with E-state index in [1.165, 1.54) is 19.3 Å². The molecule has 7 heteroatoms. The molecule has 1 saturated carbocycles. The summed E-state index contributed by atoms with van der Waals surface area (Å²) in [5, 5.41) is 30.5. The number of aromatic amines is 1. The number of hydrogen-bond acceptors (Lipinski definition) is 6. The first-order chi connectivity index (χ1) is 15.7. The number of H-pyrrole nitrogens is 1. The van der Waals surface area contributed by atoms with Crippen molar-refractivity contribution in [2.24, 2.45) is 0 Å². The number of anilines is 1. The molecule has 3 aromatic rings. The maximum Gasteiger partial charge on any atom is 0.151 e. The highest BCUT2D eigenvalue weighted by molar-refractivity contribution is 5.73. The lowest BCUT2D eigenvalue weighted by molar-refractivity contribution is 0.148. The first-order valence-corrected chi connectivity index (χ1v) is 11.9. The SMILES string of the molecule is CC1(C)CC(N(c2ccc(-c3ccc(-c4cn[nH]c4)cc3O)nn2)C2CCC2)CC(C)(C)N1. The molecule has 0 amide bonds. The van der Waals surface area contributed by atoms with Crippen LogP contribution < -0.4 is 10.2 Å². The van der Waals surface area contributed by atoms with Crippen LogP contribution in [0.2, 0.25) is 0 Å². The molecule has 2 aliphatic rings. The molecule has 2 aromatic heterocycles. The Kier molecular flexibility index (Phi) is 5.40. The summed E-state index contributed by atoms with van der Waals surface area (Å²) < 4.78 is 0. The summed E-state index contributed by atoms with van der Waals surface area (Å²) >= 11 is 0. The van der Waals surface area contributed by atoms with Gasteiger partial charge in [-0.1, -0.05) is 6.07 Å². The number of aromatic hydroxyl groups is 1. The van der Waals surface area contributed by atoms with E-state index in [-0.39, 0.29) is 16.8 Å². The van der Waals surface area contributed by atoms with Crippen LogP contribution in [0.1, 0.15) is 59.8 Å². The molecule has 1 aliphatic heterocycles. The van der Waals surface area contributed by atoms with E-state index in [0.29, 0.717) is 23.3 Å². The van der Waals surface area contributed by atoms with Crippen LogP contribution in [0.25, 0.3) is 22.4 Å². The van der Waals surface area contributed by atoms with Crippen molar-refractivity contribution in [3.8, 4) is 28.1 Å². The van der Waals surface area contributed by atoms with Gasteiger partial charge in [0.25, 0.3) is 0 Å². The number of phenols is 1. The summed E-state index contributed by atoms with van der Waals surface area (Å²) in [4.78, 5) is 2.53. The van der Waals surface area contributed by atoms with Gasteiger partial charge in [-0.2, -0.15) is 5.10 Å². The van der Waals surface area contributed by atoms with Crippen molar-refractivity contribution in [2.75, 3.05) is 4.90 Å². The summed E-state index contributed by atoms with van der Waals surface area (Å²) in [5.41, 5.74) is 3.34. The summed E-state index contributed by atoms with van der Waals surface area (Å²) in [5.74, 6) is 1.13. The van der Waals surface area contributed by atoms with Crippen molar-refractivity contribution in [2.45, 2.75) is 83.0 Å². The number of benzene rings is 1. The first-order valence-electron chi connectivity index (χ1n) is 11.9. The molecule has 1 aliphatic carbocycles. The third-order valence-electron chi connectivity index (χ3n) is 7.05. The molecule has 0 radical (unpaired) electrons. The van der Waals surface area contributed by atoms with Crippen LogP contribution in [0.3, 0.4) is 0 Å². The normalized spacial score (nSPS) is 20.4. The van der Waals surface area contributed by atoms with Gasteiger partial charge in [0.15, 0.2) is 5.82 Å². The van der Waals surface area contributed by atoms with E-state index in [1.807, 2.05) is 18.2 Å². The Morgan fingerprint density at radius 3 is 2.24 bits per heavy atom. The van der Waals surface area contributed by atoms with E-state index in [9.17, 15) is 5.11 Å². The number of nitrogens with one attached hydrogen (secondary N) is 2. The zero-order valence-corrected chi connectivity index (χ0v) is 20.0. The topological polar surface area (TPSA) is 90.0 Å². The highest BCUT2D eigenvalue weighted by Crippen LogP contribution is 2.39. The highest BCUT2D eigenvalue weighted by Gasteiger charge is 2.43. The molecule has 3 heterocycles. The molecule has 174 valence electrons. The maximum absolute atomic E-state index is 10.7. The second-order valence-electron chi connectivity index (χ2n) is 10.9. The molecule has 0 bridgehead atoms. The van der Waals surface area contributed by atoms with Crippen LogP contribution in [0, 0.1) is 0 Å². The molecule has 1 aromatic carbocycles. The van der Waals surface area contributed by atoms with Gasteiger partial charge in [0.1, 0.15) is 5.75 Å². The van der Waals surface area contributed by atoms with Crippen molar-refractivity contribution in [1.29, 1.82) is 0 Å². The number of hydrogen-bond donors (Lipinski definition) is 3. The molecule has 1 saturated heterocycles. The Balaban J connectivity index is 1.42. The lowest BCUT2D eigenvalue weighted by Gasteiger charge is -2.53. The van der Waals surface area contributed by atoms with Crippen LogP contribution in [0.4, 0.5) is 5.82 Å². The Morgan fingerprint density at radius 1 is 0.939 bits per heavy atom. The van der Waals surface area contributed by atoms with E-state index in [4.69, 9.17) is 0 Å². The summed E-state index contributed by atoms with van der Waals surface area (Å²) in [6.07, 6.45) is 9.40. The third-order valence-corrected chi connectivity index (χ3v) is 7.05. The third kappa shape index (κ3) is 4.47. The largest absolute Gasteiger partial charge is 0.507 e. The standard InChI is InChI=1S/C26H34N6O/c1-25(2)13-20(14-26(3,4)31-25)32(19-6-5-7-19)24-11-10-22(29-30-24)21-9-8-17(12-23(21)33)18-15-27-28-16-18/h8-12,15-16,19-20,31,33H,5-7,13-14H2,1-4H3,(H,27,28). The highest BCUT2D eigenvalue weighted by atomic mass is 16.3. The molecule has 33 heavy (non-hydrogen) atoms. The van der Waals surface area contributed by atoms with Gasteiger partial charge in [0.2, 0.25) is 0 Å². The van der Waals surface area contributed by atoms with Gasteiger partial charge in [-0.3, -0.25) is 5.10 Å². The molecule has 2 fully saturated rings. The molecule has 0 unspecified atom stereocenters. The van der Waals surface area contributed by atoms with E-state index in [0.717, 1.165) is 29.8 Å². The molecule has 3 N–H and O–H groups in total. The molecule has 0 atom stereocenters. The van der Waals surface area contributed by atoms with Crippen molar-refractivity contribution in [3.63, 3.8) is 0 Å². The average Bonchev–Trinajstić information content (AvgIpc) is 3.23. The van der Waals surface area contributed by atoms with Gasteiger partial charge < -0.3 is 15.3 Å². The van der Waals surface area contributed by atoms with Gasteiger partial charge in [0.05, 0.1) is 11.9 Å². The maximum atomic E-state index is 10.7. The summed E-state index contributed by atoms with van der Waals surface area (Å²) in [7, 11) is 0. The van der Waals surface area contributed by atoms with Crippen LogP contribution in [0.15, 0.2) is 42.7 Å². The number of rotatable bonds is 5. The van der Waals surface area contributed by atoms with E-state index in [1.54, 1.807) is 18.5 Å². The quantitative estimate of drug-likeness (QED) is 0.516. The van der Waals surface area contributed by atoms with Gasteiger partial charge in [-0.05, 0) is 89.6 Å². The number of aromatic nitrogens is 4. The molecular weight excluding hydrogens is 412 g/mol. The fraction of sp³-hybridized carbons (Fsp3) is 0.500. The minimum atomic E-state index is 0.0737. The zero-order chi connectivity index (χ0) is 23.2. The molecule has 5 rings (SSSR count). The van der Waals surface area contributed by atoms with Crippen molar-refractivity contribution in [1.82, 2.24) is 25.7 Å². The summed E-state index contributed by atoms with van der Waals surface area (Å²) in [6, 6.07) is 10.6. The summed E-state index contributed by atoms with van der Waals surface area (Å²) in [6.45, 7) is 9.18. The number of nitrogens with zero attached hydrogens (tertiary/aromatic N) is 4. The minimum absolute atomic E-state index is 0.0737. The fourth-order valence-corrected chi connectivity index (χ4v) is 5.75.